The summed E-state index contributed by atoms with van der Waals surface area (Å²) in [5.41, 5.74) is 0.810. The molecule has 0 unspecified atom stereocenters. The third kappa shape index (κ3) is 4.57. The van der Waals surface area contributed by atoms with Crippen LogP contribution in [-0.2, 0) is 4.79 Å². The molecule has 1 fully saturated rings. The van der Waals surface area contributed by atoms with Gasteiger partial charge in [-0.15, -0.1) is 0 Å². The van der Waals surface area contributed by atoms with Gasteiger partial charge in [0.15, 0.2) is 0 Å². The monoisotopic (exact) mass is 289 g/mol. The third-order valence-corrected chi connectivity index (χ3v) is 3.67. The van der Waals surface area contributed by atoms with E-state index in [4.69, 9.17) is 5.11 Å². The molecule has 112 valence electrons. The first-order valence-electron chi connectivity index (χ1n) is 7.41. The molecular formula is C17H20FNO2. The van der Waals surface area contributed by atoms with Crippen molar-refractivity contribution in [3.05, 3.63) is 29.6 Å². The van der Waals surface area contributed by atoms with Crippen molar-refractivity contribution >= 4 is 11.6 Å². The standard InChI is InChI=1S/C17H20FNO2/c18-16-10-9-15(12-14(16)8-4-5-11-20)19-17(21)13-6-2-1-3-7-13/h9-10,12-13,20H,1-3,5-7,11H2,(H,19,21). The molecule has 1 aromatic rings. The number of nitrogens with one attached hydrogen (secondary N) is 1. The van der Waals surface area contributed by atoms with Crippen molar-refractivity contribution < 1.29 is 14.3 Å². The maximum absolute atomic E-state index is 13.6. The molecule has 0 spiro atoms. The highest BCUT2D eigenvalue weighted by atomic mass is 19.1. The van der Waals surface area contributed by atoms with Gasteiger partial charge in [0.25, 0.3) is 0 Å². The summed E-state index contributed by atoms with van der Waals surface area (Å²) < 4.78 is 13.6. The lowest BCUT2D eigenvalue weighted by atomic mass is 9.88. The molecule has 2 N–H and O–H groups in total. The van der Waals surface area contributed by atoms with Gasteiger partial charge < -0.3 is 10.4 Å². The molecular weight excluding hydrogens is 269 g/mol. The van der Waals surface area contributed by atoms with E-state index in [-0.39, 0.29) is 24.0 Å². The second kappa shape index (κ2) is 7.80. The molecule has 0 heterocycles. The molecule has 1 amide bonds. The Morgan fingerprint density at radius 3 is 2.81 bits per heavy atom. The second-order valence-corrected chi connectivity index (χ2v) is 5.29. The molecule has 4 heteroatoms. The predicted molar refractivity (Wildman–Crippen MR) is 80.2 cm³/mol. The smallest absolute Gasteiger partial charge is 0.227 e. The van der Waals surface area contributed by atoms with Crippen LogP contribution in [0.4, 0.5) is 10.1 Å². The molecule has 0 bridgehead atoms. The van der Waals surface area contributed by atoms with Gasteiger partial charge in [-0.3, -0.25) is 4.79 Å². The molecule has 0 aliphatic heterocycles. The average Bonchev–Trinajstić information content (AvgIpc) is 2.51. The van der Waals surface area contributed by atoms with Gasteiger partial charge in [0, 0.05) is 18.0 Å². The Balaban J connectivity index is 2.04. The fourth-order valence-electron chi connectivity index (χ4n) is 2.52. The molecule has 2 rings (SSSR count). The Morgan fingerprint density at radius 2 is 2.10 bits per heavy atom. The van der Waals surface area contributed by atoms with Crippen LogP contribution in [0.25, 0.3) is 0 Å². The molecule has 0 atom stereocenters. The van der Waals surface area contributed by atoms with Crippen molar-refractivity contribution in [2.75, 3.05) is 11.9 Å². The van der Waals surface area contributed by atoms with Gasteiger partial charge in [-0.05, 0) is 31.0 Å². The number of hydrogen-bond donors (Lipinski definition) is 2. The number of rotatable bonds is 3. The number of carbonyl (C=O) groups excluding carboxylic acids is 1. The van der Waals surface area contributed by atoms with Crippen LogP contribution in [-0.4, -0.2) is 17.6 Å². The topological polar surface area (TPSA) is 49.3 Å². The van der Waals surface area contributed by atoms with Gasteiger partial charge in [0.1, 0.15) is 5.82 Å². The van der Waals surface area contributed by atoms with Gasteiger partial charge in [-0.2, -0.15) is 0 Å². The van der Waals surface area contributed by atoms with Crippen LogP contribution in [0.3, 0.4) is 0 Å². The van der Waals surface area contributed by atoms with E-state index in [1.54, 1.807) is 12.1 Å². The number of hydrogen-bond acceptors (Lipinski definition) is 2. The highest BCUT2D eigenvalue weighted by Crippen LogP contribution is 2.25. The highest BCUT2D eigenvalue weighted by molar-refractivity contribution is 5.92. The lowest BCUT2D eigenvalue weighted by Gasteiger charge is -2.20. The molecule has 3 nitrogen and oxygen atoms in total. The van der Waals surface area contributed by atoms with E-state index in [0.29, 0.717) is 12.1 Å². The molecule has 1 aliphatic carbocycles. The summed E-state index contributed by atoms with van der Waals surface area (Å²) in [4.78, 5) is 12.2. The first kappa shape index (κ1) is 15.5. The maximum atomic E-state index is 13.6. The summed E-state index contributed by atoms with van der Waals surface area (Å²) in [6.45, 7) is -0.0489. The van der Waals surface area contributed by atoms with Crippen molar-refractivity contribution in [2.45, 2.75) is 38.5 Å². The normalized spacial score (nSPS) is 15.1. The zero-order chi connectivity index (χ0) is 15.1. The SMILES string of the molecule is O=C(Nc1ccc(F)c(C#CCCO)c1)C1CCCCC1. The highest BCUT2D eigenvalue weighted by Gasteiger charge is 2.21. The number of anilines is 1. The predicted octanol–water partition coefficient (Wildman–Crippen LogP) is 3.08. The average molecular weight is 289 g/mol. The first-order chi connectivity index (χ1) is 10.2. The Kier molecular flexibility index (Phi) is 5.77. The van der Waals surface area contributed by atoms with Crippen molar-refractivity contribution in [3.63, 3.8) is 0 Å². The molecule has 0 radical (unpaired) electrons. The molecule has 0 aromatic heterocycles. The molecule has 1 saturated carbocycles. The maximum Gasteiger partial charge on any atom is 0.227 e. The number of carbonyl (C=O) groups is 1. The zero-order valence-electron chi connectivity index (χ0n) is 12.0. The first-order valence-corrected chi connectivity index (χ1v) is 7.41. The van der Waals surface area contributed by atoms with Crippen LogP contribution in [0, 0.1) is 23.6 Å². The van der Waals surface area contributed by atoms with Crippen LogP contribution >= 0.6 is 0 Å². The minimum Gasteiger partial charge on any atom is -0.395 e. The van der Waals surface area contributed by atoms with E-state index >= 15 is 0 Å². The van der Waals surface area contributed by atoms with E-state index in [1.165, 1.54) is 12.5 Å². The van der Waals surface area contributed by atoms with E-state index in [9.17, 15) is 9.18 Å². The van der Waals surface area contributed by atoms with Crippen molar-refractivity contribution in [1.29, 1.82) is 0 Å². The number of aliphatic hydroxyl groups is 1. The minimum absolute atomic E-state index is 0.00979. The van der Waals surface area contributed by atoms with Crippen LogP contribution in [0.15, 0.2) is 18.2 Å². The Hall–Kier alpha value is -1.86. The minimum atomic E-state index is -0.420. The summed E-state index contributed by atoms with van der Waals surface area (Å²) >= 11 is 0. The quantitative estimate of drug-likeness (QED) is 0.840. The van der Waals surface area contributed by atoms with Crippen LogP contribution in [0.1, 0.15) is 44.1 Å². The molecule has 0 saturated heterocycles. The zero-order valence-corrected chi connectivity index (χ0v) is 12.0. The number of aliphatic hydroxyl groups excluding tert-OH is 1. The van der Waals surface area contributed by atoms with E-state index in [2.05, 4.69) is 17.2 Å². The summed E-state index contributed by atoms with van der Waals surface area (Å²) in [6, 6.07) is 4.40. The largest absolute Gasteiger partial charge is 0.395 e. The number of halogens is 1. The summed E-state index contributed by atoms with van der Waals surface area (Å²) in [6.07, 6.45) is 5.55. The van der Waals surface area contributed by atoms with Gasteiger partial charge in [0.2, 0.25) is 5.91 Å². The summed E-state index contributed by atoms with van der Waals surface area (Å²) in [5.74, 6) is 5.01. The summed E-state index contributed by atoms with van der Waals surface area (Å²) in [5, 5.41) is 11.5. The van der Waals surface area contributed by atoms with Crippen molar-refractivity contribution in [3.8, 4) is 11.8 Å². The van der Waals surface area contributed by atoms with Gasteiger partial charge in [0.05, 0.1) is 12.2 Å². The third-order valence-electron chi connectivity index (χ3n) is 3.67. The Morgan fingerprint density at radius 1 is 1.33 bits per heavy atom. The van der Waals surface area contributed by atoms with Crippen LogP contribution in [0.2, 0.25) is 0 Å². The fourth-order valence-corrected chi connectivity index (χ4v) is 2.52. The number of benzene rings is 1. The van der Waals surface area contributed by atoms with E-state index in [1.807, 2.05) is 0 Å². The van der Waals surface area contributed by atoms with E-state index in [0.717, 1.165) is 25.7 Å². The van der Waals surface area contributed by atoms with Gasteiger partial charge in [-0.1, -0.05) is 31.1 Å². The molecule has 21 heavy (non-hydrogen) atoms. The van der Waals surface area contributed by atoms with Crippen molar-refractivity contribution in [1.82, 2.24) is 0 Å². The van der Waals surface area contributed by atoms with Crippen LogP contribution < -0.4 is 5.32 Å². The van der Waals surface area contributed by atoms with Crippen LogP contribution in [0.5, 0.6) is 0 Å². The lowest BCUT2D eigenvalue weighted by molar-refractivity contribution is -0.120. The van der Waals surface area contributed by atoms with Gasteiger partial charge >= 0.3 is 0 Å². The van der Waals surface area contributed by atoms with E-state index < -0.39 is 5.82 Å². The molecule has 1 aromatic carbocycles. The Bertz CT molecular complexity index is 554. The van der Waals surface area contributed by atoms with Gasteiger partial charge in [-0.25, -0.2) is 4.39 Å². The van der Waals surface area contributed by atoms with Crippen molar-refractivity contribution in [2.24, 2.45) is 5.92 Å². The summed E-state index contributed by atoms with van der Waals surface area (Å²) in [7, 11) is 0. The Labute approximate surface area is 124 Å². The molecule has 1 aliphatic rings. The number of amides is 1. The fraction of sp³-hybridized carbons (Fsp3) is 0.471. The second-order valence-electron chi connectivity index (χ2n) is 5.29. The lowest BCUT2D eigenvalue weighted by Crippen LogP contribution is -2.24.